The second-order valence-corrected chi connectivity index (χ2v) is 3.57. The molecular formula is C8H14N2O3. The number of aliphatic carboxylic acids is 1. The molecule has 5 nitrogen and oxygen atoms in total. The van der Waals surface area contributed by atoms with Crippen molar-refractivity contribution in [1.82, 2.24) is 10.2 Å². The molecule has 0 spiro atoms. The van der Waals surface area contributed by atoms with Gasteiger partial charge in [-0.1, -0.05) is 0 Å². The molecule has 0 aliphatic heterocycles. The van der Waals surface area contributed by atoms with Crippen molar-refractivity contribution in [3.8, 4) is 0 Å². The van der Waals surface area contributed by atoms with Crippen molar-refractivity contribution >= 4 is 12.0 Å². The minimum Gasteiger partial charge on any atom is -0.480 e. The minimum absolute atomic E-state index is 0.345. The zero-order valence-electron chi connectivity index (χ0n) is 7.83. The fourth-order valence-electron chi connectivity index (χ4n) is 1.24. The molecule has 0 heterocycles. The summed E-state index contributed by atoms with van der Waals surface area (Å²) in [4.78, 5) is 23.4. The Bertz CT molecular complexity index is 234. The Balaban J connectivity index is 2.59. The van der Waals surface area contributed by atoms with Crippen molar-refractivity contribution in [2.75, 3.05) is 14.1 Å². The van der Waals surface area contributed by atoms with Gasteiger partial charge in [-0.2, -0.15) is 0 Å². The number of nitrogens with one attached hydrogen (secondary N) is 1. The first-order valence-corrected chi connectivity index (χ1v) is 4.21. The van der Waals surface area contributed by atoms with Crippen LogP contribution in [0.5, 0.6) is 0 Å². The van der Waals surface area contributed by atoms with Crippen molar-refractivity contribution < 1.29 is 14.7 Å². The number of carboxylic acid groups (broad SMARTS) is 1. The van der Waals surface area contributed by atoms with Crippen LogP contribution in [0.3, 0.4) is 0 Å². The summed E-state index contributed by atoms with van der Waals surface area (Å²) in [5, 5.41) is 11.4. The molecule has 0 atom stereocenters. The number of hydrogen-bond donors (Lipinski definition) is 2. The molecule has 0 bridgehead atoms. The second-order valence-electron chi connectivity index (χ2n) is 3.57. The molecule has 1 rings (SSSR count). The van der Waals surface area contributed by atoms with Crippen LogP contribution in [0.2, 0.25) is 0 Å². The van der Waals surface area contributed by atoms with Gasteiger partial charge in [0.05, 0.1) is 0 Å². The standard InChI is InChI=1S/C8H14N2O3/c1-10(2)7(13)9-8(6(11)12)4-3-5-8/h3-5H2,1-2H3,(H,9,13)(H,11,12). The molecule has 0 saturated heterocycles. The molecular weight excluding hydrogens is 172 g/mol. The normalized spacial score (nSPS) is 18.6. The maximum atomic E-state index is 11.2. The van der Waals surface area contributed by atoms with E-state index < -0.39 is 11.5 Å². The summed E-state index contributed by atoms with van der Waals surface area (Å²) in [6, 6.07) is -0.345. The molecule has 1 aliphatic rings. The summed E-state index contributed by atoms with van der Waals surface area (Å²) in [6.07, 6.45) is 1.92. The van der Waals surface area contributed by atoms with Crippen molar-refractivity contribution in [2.24, 2.45) is 0 Å². The summed E-state index contributed by atoms with van der Waals surface area (Å²) >= 11 is 0. The molecule has 0 aromatic heterocycles. The largest absolute Gasteiger partial charge is 0.480 e. The third-order valence-corrected chi connectivity index (χ3v) is 2.37. The van der Waals surface area contributed by atoms with Crippen LogP contribution in [-0.4, -0.2) is 41.6 Å². The number of hydrogen-bond acceptors (Lipinski definition) is 2. The molecule has 1 aliphatic carbocycles. The Hall–Kier alpha value is -1.26. The molecule has 0 aromatic rings. The highest BCUT2D eigenvalue weighted by Crippen LogP contribution is 2.31. The predicted molar refractivity (Wildman–Crippen MR) is 46.4 cm³/mol. The maximum absolute atomic E-state index is 11.2. The van der Waals surface area contributed by atoms with E-state index in [0.717, 1.165) is 6.42 Å². The van der Waals surface area contributed by atoms with Crippen LogP contribution in [0.15, 0.2) is 0 Å². The zero-order chi connectivity index (χ0) is 10.1. The smallest absolute Gasteiger partial charge is 0.329 e. The van der Waals surface area contributed by atoms with E-state index in [1.54, 1.807) is 14.1 Å². The van der Waals surface area contributed by atoms with Crippen molar-refractivity contribution in [1.29, 1.82) is 0 Å². The average molecular weight is 186 g/mol. The molecule has 2 N–H and O–H groups in total. The van der Waals surface area contributed by atoms with Crippen molar-refractivity contribution in [3.05, 3.63) is 0 Å². The second kappa shape index (κ2) is 3.24. The van der Waals surface area contributed by atoms with Crippen molar-refractivity contribution in [3.63, 3.8) is 0 Å². The fraction of sp³-hybridized carbons (Fsp3) is 0.750. The summed E-state index contributed by atoms with van der Waals surface area (Å²) < 4.78 is 0. The molecule has 0 radical (unpaired) electrons. The van der Waals surface area contributed by atoms with E-state index in [1.165, 1.54) is 4.90 Å². The van der Waals surface area contributed by atoms with Crippen LogP contribution in [0.25, 0.3) is 0 Å². The lowest BCUT2D eigenvalue weighted by Crippen LogP contribution is -2.60. The molecule has 74 valence electrons. The number of carbonyl (C=O) groups is 2. The van der Waals surface area contributed by atoms with Gasteiger partial charge in [-0.25, -0.2) is 9.59 Å². The van der Waals surface area contributed by atoms with Crippen LogP contribution in [-0.2, 0) is 4.79 Å². The number of urea groups is 1. The Morgan fingerprint density at radius 3 is 2.15 bits per heavy atom. The van der Waals surface area contributed by atoms with Crippen molar-refractivity contribution in [2.45, 2.75) is 24.8 Å². The highest BCUT2D eigenvalue weighted by molar-refractivity contribution is 5.86. The lowest BCUT2D eigenvalue weighted by molar-refractivity contribution is -0.148. The van der Waals surface area contributed by atoms with E-state index in [9.17, 15) is 9.59 Å². The Labute approximate surface area is 76.7 Å². The van der Waals surface area contributed by atoms with Gasteiger partial charge in [0.15, 0.2) is 0 Å². The van der Waals surface area contributed by atoms with Crippen LogP contribution in [0, 0.1) is 0 Å². The summed E-state index contributed by atoms with van der Waals surface area (Å²) in [5.74, 6) is -0.936. The van der Waals surface area contributed by atoms with Crippen LogP contribution >= 0.6 is 0 Å². The van der Waals surface area contributed by atoms with Gasteiger partial charge in [0.1, 0.15) is 5.54 Å². The molecule has 1 fully saturated rings. The number of nitrogens with zero attached hydrogens (tertiary/aromatic N) is 1. The van der Waals surface area contributed by atoms with Crippen LogP contribution in [0.4, 0.5) is 4.79 Å². The first-order valence-electron chi connectivity index (χ1n) is 4.21. The Kier molecular flexibility index (Phi) is 2.45. The van der Waals surface area contributed by atoms with Gasteiger partial charge in [-0.15, -0.1) is 0 Å². The third kappa shape index (κ3) is 1.74. The van der Waals surface area contributed by atoms with Gasteiger partial charge in [0.2, 0.25) is 0 Å². The van der Waals surface area contributed by atoms with Gasteiger partial charge in [0, 0.05) is 14.1 Å². The highest BCUT2D eigenvalue weighted by Gasteiger charge is 2.45. The summed E-state index contributed by atoms with van der Waals surface area (Å²) in [6.45, 7) is 0. The van der Waals surface area contributed by atoms with E-state index in [-0.39, 0.29) is 6.03 Å². The van der Waals surface area contributed by atoms with Gasteiger partial charge >= 0.3 is 12.0 Å². The van der Waals surface area contributed by atoms with E-state index in [1.807, 2.05) is 0 Å². The van der Waals surface area contributed by atoms with E-state index in [2.05, 4.69) is 5.32 Å². The minimum atomic E-state index is -0.999. The third-order valence-electron chi connectivity index (χ3n) is 2.37. The average Bonchev–Trinajstić information content (AvgIpc) is 1.95. The predicted octanol–water partition coefficient (Wildman–Crippen LogP) is 0.265. The molecule has 13 heavy (non-hydrogen) atoms. The van der Waals surface area contributed by atoms with Crippen LogP contribution in [0.1, 0.15) is 19.3 Å². The molecule has 0 aromatic carbocycles. The lowest BCUT2D eigenvalue weighted by atomic mass is 9.77. The summed E-state index contributed by atoms with van der Waals surface area (Å²) in [7, 11) is 3.17. The Morgan fingerprint density at radius 2 is 1.92 bits per heavy atom. The van der Waals surface area contributed by atoms with E-state index >= 15 is 0 Å². The van der Waals surface area contributed by atoms with Gasteiger partial charge in [-0.3, -0.25) is 0 Å². The molecule has 5 heteroatoms. The highest BCUT2D eigenvalue weighted by atomic mass is 16.4. The lowest BCUT2D eigenvalue weighted by Gasteiger charge is -2.38. The number of rotatable bonds is 2. The van der Waals surface area contributed by atoms with Gasteiger partial charge in [-0.05, 0) is 19.3 Å². The first-order chi connectivity index (χ1) is 5.98. The number of carbonyl (C=O) groups excluding carboxylic acids is 1. The molecule has 2 amide bonds. The summed E-state index contributed by atoms with van der Waals surface area (Å²) in [5.41, 5.74) is -0.999. The van der Waals surface area contributed by atoms with Gasteiger partial charge in [0.25, 0.3) is 0 Å². The fourth-order valence-corrected chi connectivity index (χ4v) is 1.24. The number of amides is 2. The quantitative estimate of drug-likeness (QED) is 0.650. The maximum Gasteiger partial charge on any atom is 0.329 e. The molecule has 1 saturated carbocycles. The van der Waals surface area contributed by atoms with E-state index in [4.69, 9.17) is 5.11 Å². The molecule has 0 unspecified atom stereocenters. The van der Waals surface area contributed by atoms with E-state index in [0.29, 0.717) is 12.8 Å². The van der Waals surface area contributed by atoms with Gasteiger partial charge < -0.3 is 15.3 Å². The zero-order valence-corrected chi connectivity index (χ0v) is 7.83. The SMILES string of the molecule is CN(C)C(=O)NC1(C(=O)O)CCC1. The first kappa shape index (κ1) is 9.83. The Morgan fingerprint density at radius 1 is 1.38 bits per heavy atom. The topological polar surface area (TPSA) is 69.6 Å². The van der Waals surface area contributed by atoms with Crippen LogP contribution < -0.4 is 5.32 Å². The number of carboxylic acids is 1. The monoisotopic (exact) mass is 186 g/mol.